The van der Waals surface area contributed by atoms with E-state index in [9.17, 15) is 8.42 Å². The molecule has 1 aromatic carbocycles. The Morgan fingerprint density at radius 1 is 1.36 bits per heavy atom. The first-order chi connectivity index (χ1) is 10.6. The molecule has 1 aromatic rings. The second-order valence-electron chi connectivity index (χ2n) is 5.81. The van der Waals surface area contributed by atoms with Crippen molar-refractivity contribution in [3.63, 3.8) is 0 Å². The van der Waals surface area contributed by atoms with E-state index in [0.29, 0.717) is 13.2 Å². The van der Waals surface area contributed by atoms with Crippen LogP contribution in [0.1, 0.15) is 12.0 Å². The Kier molecular flexibility index (Phi) is 4.63. The Morgan fingerprint density at radius 2 is 2.14 bits per heavy atom. The zero-order chi connectivity index (χ0) is 15.6. The smallest absolute Gasteiger partial charge is 0.234 e. The summed E-state index contributed by atoms with van der Waals surface area (Å²) in [5, 5.41) is 1.23. The Balaban J connectivity index is 1.67. The third kappa shape index (κ3) is 3.25. The van der Waals surface area contributed by atoms with E-state index in [1.165, 1.54) is 5.41 Å². The molecular formula is C16H21NO4S. The topological polar surface area (TPSA) is 64.6 Å². The van der Waals surface area contributed by atoms with Gasteiger partial charge in [-0.1, -0.05) is 30.3 Å². The van der Waals surface area contributed by atoms with E-state index in [2.05, 4.69) is 4.72 Å². The van der Waals surface area contributed by atoms with Crippen molar-refractivity contribution in [1.82, 2.24) is 4.72 Å². The molecule has 2 fully saturated rings. The van der Waals surface area contributed by atoms with Crippen LogP contribution in [0.3, 0.4) is 0 Å². The second kappa shape index (κ2) is 6.50. The van der Waals surface area contributed by atoms with Gasteiger partial charge in [-0.15, -0.1) is 0 Å². The van der Waals surface area contributed by atoms with Gasteiger partial charge in [-0.3, -0.25) is 0 Å². The first kappa shape index (κ1) is 15.7. The van der Waals surface area contributed by atoms with E-state index >= 15 is 0 Å². The minimum atomic E-state index is -3.47. The summed E-state index contributed by atoms with van der Waals surface area (Å²) in [5.41, 5.74) is 0.858. The van der Waals surface area contributed by atoms with E-state index in [4.69, 9.17) is 9.47 Å². The molecule has 2 aliphatic rings. The van der Waals surface area contributed by atoms with Crippen molar-refractivity contribution in [3.05, 3.63) is 41.3 Å². The van der Waals surface area contributed by atoms with Crippen molar-refractivity contribution < 1.29 is 17.9 Å². The monoisotopic (exact) mass is 323 g/mol. The maximum absolute atomic E-state index is 12.3. The lowest BCUT2D eigenvalue weighted by Gasteiger charge is -2.47. The molecule has 1 heterocycles. The average molecular weight is 323 g/mol. The van der Waals surface area contributed by atoms with Gasteiger partial charge in [0, 0.05) is 37.0 Å². The summed E-state index contributed by atoms with van der Waals surface area (Å²) in [7, 11) is -1.84. The van der Waals surface area contributed by atoms with Crippen LogP contribution in [-0.4, -0.2) is 40.9 Å². The fourth-order valence-electron chi connectivity index (χ4n) is 3.36. The highest BCUT2D eigenvalue weighted by Gasteiger charge is 2.54. The summed E-state index contributed by atoms with van der Waals surface area (Å²) < 4.78 is 38.2. The first-order valence-electron chi connectivity index (χ1n) is 7.47. The summed E-state index contributed by atoms with van der Waals surface area (Å²) in [4.78, 5) is 0. The molecule has 0 bridgehead atoms. The van der Waals surface area contributed by atoms with Crippen LogP contribution in [0.2, 0.25) is 0 Å². The lowest BCUT2D eigenvalue weighted by atomic mass is 9.68. The summed E-state index contributed by atoms with van der Waals surface area (Å²) in [6.45, 7) is 1.21. The van der Waals surface area contributed by atoms with Gasteiger partial charge < -0.3 is 9.47 Å². The number of ether oxygens (including phenoxy) is 2. The molecule has 0 amide bonds. The molecule has 0 unspecified atom stereocenters. The van der Waals surface area contributed by atoms with E-state index in [1.54, 1.807) is 13.2 Å². The van der Waals surface area contributed by atoms with E-state index in [0.717, 1.165) is 12.0 Å². The standard InChI is InChI=1S/C16H21NO4S/c1-20-11-14-15(13-7-9-21-16(13)14)17-22(18,19)10-8-12-5-3-2-4-6-12/h2-6,8,10,13-17H,7,9,11H2,1H3/t13-,14+,15-,16-/m0/s1. The Morgan fingerprint density at radius 3 is 2.86 bits per heavy atom. The average Bonchev–Trinajstić information content (AvgIpc) is 2.94. The lowest BCUT2D eigenvalue weighted by Crippen LogP contribution is -2.62. The molecule has 0 aromatic heterocycles. The molecule has 4 atom stereocenters. The third-order valence-corrected chi connectivity index (χ3v) is 5.52. The number of hydrogen-bond acceptors (Lipinski definition) is 4. The summed E-state index contributed by atoms with van der Waals surface area (Å²) >= 11 is 0. The number of benzene rings is 1. The molecule has 3 rings (SSSR count). The van der Waals surface area contributed by atoms with Crippen LogP contribution < -0.4 is 4.72 Å². The summed E-state index contributed by atoms with van der Waals surface area (Å²) in [6, 6.07) is 9.28. The van der Waals surface area contributed by atoms with Gasteiger partial charge in [0.25, 0.3) is 0 Å². The first-order valence-corrected chi connectivity index (χ1v) is 9.01. The Bertz CT molecular complexity index is 629. The quantitative estimate of drug-likeness (QED) is 0.864. The van der Waals surface area contributed by atoms with Gasteiger partial charge in [-0.25, -0.2) is 13.1 Å². The van der Waals surface area contributed by atoms with E-state index < -0.39 is 10.0 Å². The minimum Gasteiger partial charge on any atom is -0.384 e. The maximum atomic E-state index is 12.3. The highest BCUT2D eigenvalue weighted by molar-refractivity contribution is 7.92. The minimum absolute atomic E-state index is 0.0948. The molecule has 1 aliphatic carbocycles. The van der Waals surface area contributed by atoms with Gasteiger partial charge in [0.15, 0.2) is 0 Å². The SMILES string of the molecule is COC[C@@H]1[C@@H](NS(=O)(=O)C=Cc2ccccc2)[C@@H]2CCO[C@H]12. The molecule has 0 spiro atoms. The van der Waals surface area contributed by atoms with E-state index in [-0.39, 0.29) is 24.0 Å². The van der Waals surface area contributed by atoms with Crippen LogP contribution in [-0.2, 0) is 19.5 Å². The van der Waals surface area contributed by atoms with Gasteiger partial charge in [-0.05, 0) is 18.1 Å². The van der Waals surface area contributed by atoms with Crippen LogP contribution in [0.15, 0.2) is 35.7 Å². The number of hydrogen-bond donors (Lipinski definition) is 1. The lowest BCUT2D eigenvalue weighted by molar-refractivity contribution is -0.0774. The summed E-state index contributed by atoms with van der Waals surface area (Å²) in [5.74, 6) is 0.359. The molecule has 22 heavy (non-hydrogen) atoms. The zero-order valence-electron chi connectivity index (χ0n) is 12.5. The zero-order valence-corrected chi connectivity index (χ0v) is 13.3. The normalized spacial score (nSPS) is 31.1. The molecule has 1 aliphatic heterocycles. The highest BCUT2D eigenvalue weighted by atomic mass is 32.2. The van der Waals surface area contributed by atoms with Crippen LogP contribution in [0.4, 0.5) is 0 Å². The molecule has 120 valence electrons. The van der Waals surface area contributed by atoms with Crippen molar-refractivity contribution in [1.29, 1.82) is 0 Å². The van der Waals surface area contributed by atoms with Crippen molar-refractivity contribution in [2.45, 2.75) is 18.6 Å². The molecule has 1 N–H and O–H groups in total. The fraction of sp³-hybridized carbons (Fsp3) is 0.500. The van der Waals surface area contributed by atoms with E-state index in [1.807, 2.05) is 30.3 Å². The van der Waals surface area contributed by atoms with Gasteiger partial charge in [-0.2, -0.15) is 0 Å². The molecule has 5 nitrogen and oxygen atoms in total. The Hall–Kier alpha value is -1.21. The van der Waals surface area contributed by atoms with Crippen molar-refractivity contribution >= 4 is 16.1 Å². The molecule has 1 saturated heterocycles. The van der Waals surface area contributed by atoms with Crippen LogP contribution in [0.5, 0.6) is 0 Å². The number of sulfonamides is 1. The number of nitrogens with one attached hydrogen (secondary N) is 1. The van der Waals surface area contributed by atoms with Gasteiger partial charge in [0.2, 0.25) is 10.0 Å². The number of fused-ring (bicyclic) bond motifs is 1. The van der Waals surface area contributed by atoms with Crippen LogP contribution >= 0.6 is 0 Å². The molecule has 1 saturated carbocycles. The van der Waals surface area contributed by atoms with Crippen LogP contribution in [0, 0.1) is 11.8 Å². The summed E-state index contributed by atoms with van der Waals surface area (Å²) in [6.07, 6.45) is 2.64. The molecular weight excluding hydrogens is 302 g/mol. The predicted octanol–water partition coefficient (Wildman–Crippen LogP) is 1.63. The van der Waals surface area contributed by atoms with Gasteiger partial charge >= 0.3 is 0 Å². The Labute approximate surface area is 131 Å². The van der Waals surface area contributed by atoms with Crippen molar-refractivity contribution in [2.75, 3.05) is 20.3 Å². The number of rotatable bonds is 6. The molecule has 0 radical (unpaired) electrons. The van der Waals surface area contributed by atoms with Gasteiger partial charge in [0.05, 0.1) is 12.7 Å². The number of methoxy groups -OCH3 is 1. The third-order valence-electron chi connectivity index (χ3n) is 4.43. The second-order valence-corrected chi connectivity index (χ2v) is 7.41. The largest absolute Gasteiger partial charge is 0.384 e. The highest BCUT2D eigenvalue weighted by Crippen LogP contribution is 2.44. The predicted molar refractivity (Wildman–Crippen MR) is 84.5 cm³/mol. The van der Waals surface area contributed by atoms with Crippen molar-refractivity contribution in [3.8, 4) is 0 Å². The maximum Gasteiger partial charge on any atom is 0.234 e. The molecule has 6 heteroatoms. The van der Waals surface area contributed by atoms with Crippen molar-refractivity contribution in [2.24, 2.45) is 11.8 Å². The fourth-order valence-corrected chi connectivity index (χ4v) is 4.50. The van der Waals surface area contributed by atoms with Gasteiger partial charge in [0.1, 0.15) is 0 Å². The van der Waals surface area contributed by atoms with Crippen LogP contribution in [0.25, 0.3) is 6.08 Å².